The molecule has 2 N–H and O–H groups in total. The van der Waals surface area contributed by atoms with Crippen LogP contribution in [0.2, 0.25) is 0 Å². The highest BCUT2D eigenvalue weighted by Crippen LogP contribution is 2.34. The molecule has 2 aromatic rings. The van der Waals surface area contributed by atoms with Crippen LogP contribution in [0.15, 0.2) is 44.5 Å². The number of nitrogens with two attached hydrogens (primary N) is 1. The number of aryl methyl sites for hydroxylation is 1. The molecule has 2 aliphatic heterocycles. The molecule has 0 amide bonds. The Balaban J connectivity index is 1.99. The second-order valence-corrected chi connectivity index (χ2v) is 7.30. The summed E-state index contributed by atoms with van der Waals surface area (Å²) in [5, 5.41) is 17.7. The topological polar surface area (TPSA) is 115 Å². The zero-order valence-electron chi connectivity index (χ0n) is 12.9. The molecule has 0 saturated heterocycles. The molecule has 0 aliphatic carbocycles. The van der Waals surface area contributed by atoms with Crippen molar-refractivity contribution in [3.05, 3.63) is 35.7 Å². The number of aliphatic imine (C=N–C) groups is 1. The highest BCUT2D eigenvalue weighted by molar-refractivity contribution is 7.89. The largest absolute Gasteiger partial charge is 0.269 e. The molecule has 0 radical (unpaired) electrons. The van der Waals surface area contributed by atoms with Crippen LogP contribution in [0.3, 0.4) is 0 Å². The highest BCUT2D eigenvalue weighted by atomic mass is 32.2. The van der Waals surface area contributed by atoms with E-state index in [0.717, 1.165) is 42.6 Å². The number of nitrogens with zero attached hydrogens (tertiary/aromatic N) is 5. The van der Waals surface area contributed by atoms with Gasteiger partial charge in [0.05, 0.1) is 11.1 Å². The molecule has 0 fully saturated rings. The Kier molecular flexibility index (Phi) is 3.54. The van der Waals surface area contributed by atoms with E-state index in [1.54, 1.807) is 12.3 Å². The fourth-order valence-corrected chi connectivity index (χ4v) is 3.98. The smallest absolute Gasteiger partial charge is 0.238 e. The normalized spacial score (nSPS) is 17.0. The van der Waals surface area contributed by atoms with Gasteiger partial charge in [-0.1, -0.05) is 12.1 Å². The van der Waals surface area contributed by atoms with Crippen LogP contribution in [0.1, 0.15) is 24.1 Å². The van der Waals surface area contributed by atoms with Crippen LogP contribution in [0.4, 0.5) is 0 Å². The lowest BCUT2D eigenvalue weighted by molar-refractivity contribution is 0.487. The Hall–Kier alpha value is -2.39. The number of fused-ring (bicyclic) bond motifs is 1. The van der Waals surface area contributed by atoms with Crippen LogP contribution < -0.4 is 5.14 Å². The summed E-state index contributed by atoms with van der Waals surface area (Å²) in [5.41, 5.74) is 3.14. The van der Waals surface area contributed by atoms with Crippen molar-refractivity contribution < 1.29 is 8.42 Å². The number of amidine groups is 1. The SMILES string of the molecule is NS(=O)(=O)c1cccc(-c2cnn3c2CCCC3)c1C1=NCN=N1. The molecule has 0 bridgehead atoms. The van der Waals surface area contributed by atoms with Crippen molar-refractivity contribution in [1.82, 2.24) is 9.78 Å². The minimum Gasteiger partial charge on any atom is -0.269 e. The van der Waals surface area contributed by atoms with E-state index >= 15 is 0 Å². The van der Waals surface area contributed by atoms with Crippen LogP contribution in [-0.2, 0) is 23.0 Å². The number of aromatic nitrogens is 2. The van der Waals surface area contributed by atoms with E-state index in [1.165, 1.54) is 6.07 Å². The lowest BCUT2D eigenvalue weighted by Crippen LogP contribution is -2.17. The summed E-state index contributed by atoms with van der Waals surface area (Å²) in [7, 11) is -3.92. The van der Waals surface area contributed by atoms with Gasteiger partial charge < -0.3 is 0 Å². The Morgan fingerprint density at radius 1 is 1.17 bits per heavy atom. The molecule has 0 atom stereocenters. The first-order valence-electron chi connectivity index (χ1n) is 7.69. The van der Waals surface area contributed by atoms with E-state index < -0.39 is 10.0 Å². The van der Waals surface area contributed by atoms with Crippen molar-refractivity contribution in [2.45, 2.75) is 30.7 Å². The van der Waals surface area contributed by atoms with E-state index in [0.29, 0.717) is 11.4 Å². The van der Waals surface area contributed by atoms with Crippen molar-refractivity contribution in [3.8, 4) is 11.1 Å². The van der Waals surface area contributed by atoms with Crippen molar-refractivity contribution in [1.29, 1.82) is 0 Å². The van der Waals surface area contributed by atoms with Crippen molar-refractivity contribution in [3.63, 3.8) is 0 Å². The van der Waals surface area contributed by atoms with Crippen LogP contribution in [0.25, 0.3) is 11.1 Å². The van der Waals surface area contributed by atoms with Gasteiger partial charge in [-0.25, -0.2) is 18.5 Å². The molecule has 0 spiro atoms. The molecule has 2 aliphatic rings. The molecular formula is C15H16N6O2S. The van der Waals surface area contributed by atoms with Gasteiger partial charge in [-0.15, -0.1) is 5.11 Å². The zero-order valence-corrected chi connectivity index (χ0v) is 13.7. The van der Waals surface area contributed by atoms with Crippen LogP contribution in [0, 0.1) is 0 Å². The first-order valence-corrected chi connectivity index (χ1v) is 9.23. The Morgan fingerprint density at radius 2 is 2.04 bits per heavy atom. The average Bonchev–Trinajstić information content (AvgIpc) is 3.23. The molecule has 0 saturated carbocycles. The second-order valence-electron chi connectivity index (χ2n) is 5.77. The molecular weight excluding hydrogens is 328 g/mol. The third-order valence-corrected chi connectivity index (χ3v) is 5.23. The maximum absolute atomic E-state index is 12.1. The molecule has 1 aromatic heterocycles. The van der Waals surface area contributed by atoms with E-state index in [9.17, 15) is 8.42 Å². The van der Waals surface area contributed by atoms with Gasteiger partial charge in [-0.2, -0.15) is 10.2 Å². The number of rotatable bonds is 3. The Bertz CT molecular complexity index is 974. The Morgan fingerprint density at radius 3 is 2.79 bits per heavy atom. The zero-order chi connectivity index (χ0) is 16.7. The summed E-state index contributed by atoms with van der Waals surface area (Å²) in [6, 6.07) is 5.01. The molecule has 8 nitrogen and oxygen atoms in total. The summed E-state index contributed by atoms with van der Waals surface area (Å²) in [6.07, 6.45) is 4.87. The fourth-order valence-electron chi connectivity index (χ4n) is 3.23. The summed E-state index contributed by atoms with van der Waals surface area (Å²) in [5.74, 6) is 0.297. The van der Waals surface area contributed by atoms with Gasteiger partial charge in [0, 0.05) is 23.4 Å². The van der Waals surface area contributed by atoms with Gasteiger partial charge in [0.25, 0.3) is 0 Å². The number of benzene rings is 1. The van der Waals surface area contributed by atoms with E-state index in [4.69, 9.17) is 5.14 Å². The third kappa shape index (κ3) is 2.45. The van der Waals surface area contributed by atoms with Crippen molar-refractivity contribution in [2.24, 2.45) is 20.4 Å². The van der Waals surface area contributed by atoms with E-state index in [-0.39, 0.29) is 11.6 Å². The molecule has 0 unspecified atom stereocenters. The lowest BCUT2D eigenvalue weighted by atomic mass is 9.96. The monoisotopic (exact) mass is 344 g/mol. The summed E-state index contributed by atoms with van der Waals surface area (Å²) >= 11 is 0. The molecule has 9 heteroatoms. The first-order chi connectivity index (χ1) is 11.6. The van der Waals surface area contributed by atoms with Crippen molar-refractivity contribution in [2.75, 3.05) is 6.67 Å². The third-order valence-electron chi connectivity index (χ3n) is 4.28. The minimum absolute atomic E-state index is 0.00959. The van der Waals surface area contributed by atoms with Crippen molar-refractivity contribution >= 4 is 15.9 Å². The number of hydrogen-bond acceptors (Lipinski definition) is 6. The average molecular weight is 344 g/mol. The van der Waals surface area contributed by atoms with Crippen LogP contribution >= 0.6 is 0 Å². The van der Waals surface area contributed by atoms with Gasteiger partial charge >= 0.3 is 0 Å². The minimum atomic E-state index is -3.92. The predicted molar refractivity (Wildman–Crippen MR) is 88.2 cm³/mol. The van der Waals surface area contributed by atoms with Gasteiger partial charge in [0.1, 0.15) is 0 Å². The number of hydrogen-bond donors (Lipinski definition) is 1. The van der Waals surface area contributed by atoms with Gasteiger partial charge in [-0.05, 0) is 30.9 Å². The summed E-state index contributed by atoms with van der Waals surface area (Å²) in [4.78, 5) is 4.21. The van der Waals surface area contributed by atoms with Gasteiger partial charge in [0.2, 0.25) is 10.0 Å². The fraction of sp³-hybridized carbons (Fsp3) is 0.333. The number of primary sulfonamides is 1. The molecule has 4 rings (SSSR count). The molecule has 24 heavy (non-hydrogen) atoms. The second kappa shape index (κ2) is 5.60. The predicted octanol–water partition coefficient (Wildman–Crippen LogP) is 1.70. The maximum Gasteiger partial charge on any atom is 0.238 e. The Labute approximate surface area is 139 Å². The summed E-state index contributed by atoms with van der Waals surface area (Å²) < 4.78 is 26.1. The van der Waals surface area contributed by atoms with Crippen LogP contribution in [-0.4, -0.2) is 30.7 Å². The first kappa shape index (κ1) is 15.2. The summed E-state index contributed by atoms with van der Waals surface area (Å²) in [6.45, 7) is 1.07. The standard InChI is InChI=1S/C15H16N6O2S/c16-24(22,23)13-6-3-4-10(14(13)15-17-9-18-20-15)11-8-19-21-7-2-1-5-12(11)21/h3-4,6,8H,1-2,5,7,9H2,(H2,16,22,23). The van der Waals surface area contributed by atoms with E-state index in [1.807, 2.05) is 10.7 Å². The molecule has 3 heterocycles. The quantitative estimate of drug-likeness (QED) is 0.913. The van der Waals surface area contributed by atoms with Crippen LogP contribution in [0.5, 0.6) is 0 Å². The number of azo groups is 1. The van der Waals surface area contributed by atoms with Gasteiger partial charge in [-0.3, -0.25) is 4.68 Å². The molecule has 1 aromatic carbocycles. The van der Waals surface area contributed by atoms with Gasteiger partial charge in [0.15, 0.2) is 12.5 Å². The van der Waals surface area contributed by atoms with E-state index in [2.05, 4.69) is 20.3 Å². The lowest BCUT2D eigenvalue weighted by Gasteiger charge is -2.16. The highest BCUT2D eigenvalue weighted by Gasteiger charge is 2.26. The molecule has 124 valence electrons. The maximum atomic E-state index is 12.1. The number of sulfonamides is 1.